The van der Waals surface area contributed by atoms with Gasteiger partial charge in [-0.1, -0.05) is 42.5 Å². The minimum Gasteiger partial charge on any atom is -0.489 e. The highest BCUT2D eigenvalue weighted by Gasteiger charge is 2.28. The van der Waals surface area contributed by atoms with Crippen molar-refractivity contribution in [3.8, 4) is 5.75 Å². The Hall–Kier alpha value is -1.59. The Kier molecular flexibility index (Phi) is 7.72. The van der Waals surface area contributed by atoms with Crippen LogP contribution in [0.1, 0.15) is 17.2 Å². The van der Waals surface area contributed by atoms with Crippen LogP contribution in [0.3, 0.4) is 0 Å². The maximum Gasteiger partial charge on any atom is 0.146 e. The molecule has 2 aromatic rings. The standard InChI is InChI=1S/C20H25NO3.ClH/c1-21(2)20(18-13-22-15-23-14-18)17-9-6-10-19(11-17)24-12-16-7-4-3-5-8-16;/h3-11,18,20H,12-15H2,1-2H3;1H. The summed E-state index contributed by atoms with van der Waals surface area (Å²) in [5, 5.41) is 0. The third-order valence-corrected chi connectivity index (χ3v) is 4.28. The fourth-order valence-corrected chi connectivity index (χ4v) is 3.21. The van der Waals surface area contributed by atoms with E-state index in [1.165, 1.54) is 11.1 Å². The van der Waals surface area contributed by atoms with Crippen molar-refractivity contribution in [1.82, 2.24) is 4.90 Å². The van der Waals surface area contributed by atoms with Gasteiger partial charge in [0.05, 0.1) is 13.2 Å². The predicted octanol–water partition coefficient (Wildman–Crippen LogP) is 3.91. The molecule has 25 heavy (non-hydrogen) atoms. The summed E-state index contributed by atoms with van der Waals surface area (Å²) >= 11 is 0. The molecule has 0 saturated carbocycles. The molecule has 0 bridgehead atoms. The van der Waals surface area contributed by atoms with Gasteiger partial charge in [0, 0.05) is 12.0 Å². The van der Waals surface area contributed by atoms with Gasteiger partial charge < -0.3 is 19.1 Å². The Morgan fingerprint density at radius 3 is 2.44 bits per heavy atom. The van der Waals surface area contributed by atoms with E-state index in [0.29, 0.717) is 19.3 Å². The third kappa shape index (κ3) is 5.44. The van der Waals surface area contributed by atoms with Crippen molar-refractivity contribution in [2.75, 3.05) is 34.1 Å². The summed E-state index contributed by atoms with van der Waals surface area (Å²) in [4.78, 5) is 2.22. The summed E-state index contributed by atoms with van der Waals surface area (Å²) in [6.07, 6.45) is 0. The normalized spacial score (nSPS) is 16.3. The van der Waals surface area contributed by atoms with Crippen LogP contribution in [0.2, 0.25) is 0 Å². The first kappa shape index (κ1) is 19.7. The molecule has 0 spiro atoms. The van der Waals surface area contributed by atoms with Gasteiger partial charge in [-0.15, -0.1) is 12.4 Å². The van der Waals surface area contributed by atoms with Crippen LogP contribution in [0.15, 0.2) is 54.6 Å². The average molecular weight is 364 g/mol. The number of nitrogens with zero attached hydrogens (tertiary/aromatic N) is 1. The number of halogens is 1. The molecule has 2 aromatic carbocycles. The van der Waals surface area contributed by atoms with Crippen molar-refractivity contribution in [2.24, 2.45) is 5.92 Å². The topological polar surface area (TPSA) is 30.9 Å². The van der Waals surface area contributed by atoms with Gasteiger partial charge in [-0.2, -0.15) is 0 Å². The Balaban J connectivity index is 0.00000225. The second kappa shape index (κ2) is 9.78. The molecular formula is C20H26ClNO3. The molecule has 1 heterocycles. The van der Waals surface area contributed by atoms with Crippen LogP contribution in [-0.4, -0.2) is 39.0 Å². The van der Waals surface area contributed by atoms with Gasteiger partial charge in [0.25, 0.3) is 0 Å². The maximum atomic E-state index is 5.97. The number of hydrogen-bond donors (Lipinski definition) is 0. The van der Waals surface area contributed by atoms with Crippen LogP contribution in [-0.2, 0) is 16.1 Å². The lowest BCUT2D eigenvalue weighted by molar-refractivity contribution is -0.139. The first-order valence-corrected chi connectivity index (χ1v) is 8.32. The van der Waals surface area contributed by atoms with Gasteiger partial charge >= 0.3 is 0 Å². The van der Waals surface area contributed by atoms with E-state index in [0.717, 1.165) is 19.0 Å². The molecule has 0 radical (unpaired) electrons. The summed E-state index contributed by atoms with van der Waals surface area (Å²) in [5.41, 5.74) is 2.39. The van der Waals surface area contributed by atoms with E-state index in [2.05, 4.69) is 49.3 Å². The number of benzene rings is 2. The lowest BCUT2D eigenvalue weighted by Gasteiger charge is -2.34. The zero-order valence-corrected chi connectivity index (χ0v) is 15.6. The molecule has 0 aromatic heterocycles. The minimum absolute atomic E-state index is 0. The number of ether oxygens (including phenoxy) is 3. The minimum atomic E-state index is 0. The van der Waals surface area contributed by atoms with Crippen LogP contribution < -0.4 is 4.74 Å². The van der Waals surface area contributed by atoms with E-state index in [1.54, 1.807) is 0 Å². The van der Waals surface area contributed by atoms with Crippen molar-refractivity contribution >= 4 is 12.4 Å². The van der Waals surface area contributed by atoms with E-state index in [1.807, 2.05) is 24.3 Å². The largest absolute Gasteiger partial charge is 0.489 e. The second-order valence-electron chi connectivity index (χ2n) is 6.37. The Bertz CT molecular complexity index is 630. The van der Waals surface area contributed by atoms with E-state index in [4.69, 9.17) is 14.2 Å². The average Bonchev–Trinajstić information content (AvgIpc) is 2.62. The molecule has 1 aliphatic heterocycles. The smallest absolute Gasteiger partial charge is 0.146 e. The molecule has 1 atom stereocenters. The molecule has 0 N–H and O–H groups in total. The zero-order valence-electron chi connectivity index (χ0n) is 14.8. The van der Waals surface area contributed by atoms with Crippen LogP contribution in [0.4, 0.5) is 0 Å². The third-order valence-electron chi connectivity index (χ3n) is 4.28. The Morgan fingerprint density at radius 1 is 1.04 bits per heavy atom. The SMILES string of the molecule is CN(C)C(c1cccc(OCc2ccccc2)c1)C1COCOC1.Cl. The summed E-state index contributed by atoms with van der Waals surface area (Å²) in [7, 11) is 4.19. The molecule has 136 valence electrons. The molecule has 3 rings (SSSR count). The quantitative estimate of drug-likeness (QED) is 0.778. The van der Waals surface area contributed by atoms with Crippen LogP contribution in [0.5, 0.6) is 5.75 Å². The highest BCUT2D eigenvalue weighted by atomic mass is 35.5. The van der Waals surface area contributed by atoms with Gasteiger partial charge in [-0.05, 0) is 37.4 Å². The molecule has 0 amide bonds. The van der Waals surface area contributed by atoms with E-state index < -0.39 is 0 Å². The van der Waals surface area contributed by atoms with Crippen molar-refractivity contribution in [1.29, 1.82) is 0 Å². The van der Waals surface area contributed by atoms with E-state index in [9.17, 15) is 0 Å². The summed E-state index contributed by atoms with van der Waals surface area (Å²) in [6, 6.07) is 18.8. The van der Waals surface area contributed by atoms with Crippen molar-refractivity contribution in [2.45, 2.75) is 12.6 Å². The predicted molar refractivity (Wildman–Crippen MR) is 101 cm³/mol. The summed E-state index contributed by atoms with van der Waals surface area (Å²) in [6.45, 7) is 2.42. The van der Waals surface area contributed by atoms with Crippen molar-refractivity contribution in [3.05, 3.63) is 65.7 Å². The first-order chi connectivity index (χ1) is 11.7. The summed E-state index contributed by atoms with van der Waals surface area (Å²) in [5.74, 6) is 1.21. The second-order valence-corrected chi connectivity index (χ2v) is 6.37. The van der Waals surface area contributed by atoms with Gasteiger partial charge in [0.2, 0.25) is 0 Å². The highest BCUT2D eigenvalue weighted by Crippen LogP contribution is 2.31. The molecule has 4 nitrogen and oxygen atoms in total. The molecule has 1 unspecified atom stereocenters. The lowest BCUT2D eigenvalue weighted by Crippen LogP contribution is -2.36. The van der Waals surface area contributed by atoms with Crippen LogP contribution in [0, 0.1) is 5.92 Å². The molecule has 0 aliphatic carbocycles. The van der Waals surface area contributed by atoms with Crippen LogP contribution in [0.25, 0.3) is 0 Å². The molecular weight excluding hydrogens is 338 g/mol. The highest BCUT2D eigenvalue weighted by molar-refractivity contribution is 5.85. The van der Waals surface area contributed by atoms with Gasteiger partial charge in [0.15, 0.2) is 0 Å². The lowest BCUT2D eigenvalue weighted by atomic mass is 9.92. The van der Waals surface area contributed by atoms with Gasteiger partial charge in [-0.3, -0.25) is 0 Å². The monoisotopic (exact) mass is 363 g/mol. The summed E-state index contributed by atoms with van der Waals surface area (Å²) < 4.78 is 16.9. The van der Waals surface area contributed by atoms with Crippen molar-refractivity contribution in [3.63, 3.8) is 0 Å². The molecule has 1 aliphatic rings. The van der Waals surface area contributed by atoms with Crippen LogP contribution >= 0.6 is 12.4 Å². The van der Waals surface area contributed by atoms with E-state index >= 15 is 0 Å². The molecule has 1 saturated heterocycles. The van der Waals surface area contributed by atoms with E-state index in [-0.39, 0.29) is 18.4 Å². The maximum absolute atomic E-state index is 5.97. The number of hydrogen-bond acceptors (Lipinski definition) is 4. The fourth-order valence-electron chi connectivity index (χ4n) is 3.21. The Morgan fingerprint density at radius 2 is 1.76 bits per heavy atom. The van der Waals surface area contributed by atoms with Crippen molar-refractivity contribution < 1.29 is 14.2 Å². The molecule has 1 fully saturated rings. The Labute approximate surface area is 156 Å². The zero-order chi connectivity index (χ0) is 16.8. The van der Waals surface area contributed by atoms with Gasteiger partial charge in [-0.25, -0.2) is 0 Å². The number of rotatable bonds is 6. The molecule has 5 heteroatoms. The van der Waals surface area contributed by atoms with Gasteiger partial charge in [0.1, 0.15) is 19.1 Å². The fraction of sp³-hybridized carbons (Fsp3) is 0.400. The first-order valence-electron chi connectivity index (χ1n) is 8.32.